The highest BCUT2D eigenvalue weighted by atomic mass is 16.4. The fourth-order valence-corrected chi connectivity index (χ4v) is 0.935. The molecule has 0 aliphatic rings. The van der Waals surface area contributed by atoms with E-state index in [4.69, 9.17) is 5.11 Å². The van der Waals surface area contributed by atoms with Gasteiger partial charge in [-0.25, -0.2) is 19.7 Å². The first-order valence-corrected chi connectivity index (χ1v) is 4.03. The molecule has 0 spiro atoms. The van der Waals surface area contributed by atoms with E-state index in [2.05, 4.69) is 9.97 Å². The van der Waals surface area contributed by atoms with Crippen LogP contribution < -0.4 is 4.90 Å². The molecule has 1 N–H and O–H groups in total. The van der Waals surface area contributed by atoms with Gasteiger partial charge in [-0.15, -0.1) is 0 Å². The van der Waals surface area contributed by atoms with E-state index in [1.54, 1.807) is 6.07 Å². The van der Waals surface area contributed by atoms with Crippen LogP contribution in [0.4, 0.5) is 10.7 Å². The maximum absolute atomic E-state index is 10.7. The van der Waals surface area contributed by atoms with Crippen molar-refractivity contribution in [2.45, 2.75) is 13.3 Å². The molecule has 1 heterocycles. The molecule has 0 saturated heterocycles. The molecule has 1 amide bonds. The molecule has 13 heavy (non-hydrogen) atoms. The molecule has 0 unspecified atom stereocenters. The van der Waals surface area contributed by atoms with E-state index in [9.17, 15) is 4.79 Å². The fourth-order valence-electron chi connectivity index (χ4n) is 0.935. The average Bonchev–Trinajstić information content (AvgIpc) is 2.15. The third kappa shape index (κ3) is 2.40. The Bertz CT molecular complexity index is 276. The van der Waals surface area contributed by atoms with E-state index in [-0.39, 0.29) is 5.95 Å². The molecule has 0 bridgehead atoms. The highest BCUT2D eigenvalue weighted by Gasteiger charge is 2.14. The maximum atomic E-state index is 10.7. The minimum Gasteiger partial charge on any atom is -0.465 e. The van der Waals surface area contributed by atoms with Crippen LogP contribution >= 0.6 is 0 Å². The molecule has 1 rings (SSSR count). The van der Waals surface area contributed by atoms with Crippen LogP contribution in [-0.2, 0) is 0 Å². The van der Waals surface area contributed by atoms with E-state index >= 15 is 0 Å². The number of hydrogen-bond donors (Lipinski definition) is 1. The quantitative estimate of drug-likeness (QED) is 0.764. The van der Waals surface area contributed by atoms with Crippen LogP contribution in [0, 0.1) is 0 Å². The number of amides is 1. The average molecular weight is 181 g/mol. The second-order valence-electron chi connectivity index (χ2n) is 2.48. The van der Waals surface area contributed by atoms with Gasteiger partial charge in [-0.3, -0.25) is 0 Å². The van der Waals surface area contributed by atoms with Gasteiger partial charge in [0.1, 0.15) is 0 Å². The Hall–Kier alpha value is -1.65. The maximum Gasteiger partial charge on any atom is 0.414 e. The topological polar surface area (TPSA) is 66.3 Å². The van der Waals surface area contributed by atoms with Gasteiger partial charge < -0.3 is 5.11 Å². The third-order valence-electron chi connectivity index (χ3n) is 1.47. The summed E-state index contributed by atoms with van der Waals surface area (Å²) in [6, 6.07) is 1.65. The summed E-state index contributed by atoms with van der Waals surface area (Å²) in [6.07, 6.45) is 2.76. The number of carboxylic acid groups (broad SMARTS) is 1. The van der Waals surface area contributed by atoms with Crippen molar-refractivity contribution in [3.63, 3.8) is 0 Å². The summed E-state index contributed by atoms with van der Waals surface area (Å²) in [6.45, 7) is 2.32. The Balaban J connectivity index is 2.82. The molecule has 0 aliphatic heterocycles. The molecule has 0 aromatic carbocycles. The Morgan fingerprint density at radius 2 is 2.15 bits per heavy atom. The van der Waals surface area contributed by atoms with Gasteiger partial charge in [0.15, 0.2) is 0 Å². The second kappa shape index (κ2) is 4.39. The molecule has 70 valence electrons. The zero-order chi connectivity index (χ0) is 9.68. The summed E-state index contributed by atoms with van der Waals surface area (Å²) in [5, 5.41) is 8.80. The number of nitrogens with zero attached hydrogens (tertiary/aromatic N) is 3. The number of carbonyl (C=O) groups is 1. The summed E-state index contributed by atoms with van der Waals surface area (Å²) in [5.74, 6) is 0.233. The Morgan fingerprint density at radius 3 is 2.62 bits per heavy atom. The molecular weight excluding hydrogens is 170 g/mol. The van der Waals surface area contributed by atoms with Crippen molar-refractivity contribution in [2.75, 3.05) is 11.4 Å². The summed E-state index contributed by atoms with van der Waals surface area (Å²) < 4.78 is 0. The summed E-state index contributed by atoms with van der Waals surface area (Å²) in [4.78, 5) is 19.6. The third-order valence-corrected chi connectivity index (χ3v) is 1.47. The standard InChI is InChI=1S/C8H11N3O2/c1-2-6-11(8(12)13)7-9-4-3-5-10-7/h3-5H,2,6H2,1H3,(H,12,13). The van der Waals surface area contributed by atoms with Crippen LogP contribution in [0.1, 0.15) is 13.3 Å². The lowest BCUT2D eigenvalue weighted by atomic mass is 10.4. The lowest BCUT2D eigenvalue weighted by Gasteiger charge is -2.14. The number of hydrogen-bond acceptors (Lipinski definition) is 3. The van der Waals surface area contributed by atoms with E-state index in [1.165, 1.54) is 12.4 Å². The van der Waals surface area contributed by atoms with Crippen molar-refractivity contribution in [2.24, 2.45) is 0 Å². The first-order valence-electron chi connectivity index (χ1n) is 4.03. The molecule has 5 nitrogen and oxygen atoms in total. The minimum absolute atomic E-state index is 0.233. The van der Waals surface area contributed by atoms with E-state index in [0.717, 1.165) is 11.3 Å². The van der Waals surface area contributed by atoms with Crippen LogP contribution in [0.15, 0.2) is 18.5 Å². The molecule has 0 radical (unpaired) electrons. The summed E-state index contributed by atoms with van der Waals surface area (Å²) >= 11 is 0. The van der Waals surface area contributed by atoms with Crippen LogP contribution in [-0.4, -0.2) is 27.7 Å². The normalized spacial score (nSPS) is 9.62. The lowest BCUT2D eigenvalue weighted by molar-refractivity contribution is 0.201. The predicted molar refractivity (Wildman–Crippen MR) is 47.7 cm³/mol. The lowest BCUT2D eigenvalue weighted by Crippen LogP contribution is -2.31. The first kappa shape index (κ1) is 9.44. The molecule has 0 fully saturated rings. The second-order valence-corrected chi connectivity index (χ2v) is 2.48. The van der Waals surface area contributed by atoms with Crippen molar-refractivity contribution in [1.82, 2.24) is 9.97 Å². The van der Waals surface area contributed by atoms with Crippen LogP contribution in [0.5, 0.6) is 0 Å². The number of anilines is 1. The summed E-state index contributed by atoms with van der Waals surface area (Å²) in [5.41, 5.74) is 0. The van der Waals surface area contributed by atoms with Gasteiger partial charge in [-0.05, 0) is 12.5 Å². The van der Waals surface area contributed by atoms with Crippen molar-refractivity contribution in [3.05, 3.63) is 18.5 Å². The minimum atomic E-state index is -1.02. The highest BCUT2D eigenvalue weighted by Crippen LogP contribution is 2.05. The fraction of sp³-hybridized carbons (Fsp3) is 0.375. The molecule has 1 aromatic heterocycles. The largest absolute Gasteiger partial charge is 0.465 e. The molecule has 0 atom stereocenters. The van der Waals surface area contributed by atoms with Gasteiger partial charge in [0.2, 0.25) is 5.95 Å². The zero-order valence-corrected chi connectivity index (χ0v) is 7.34. The first-order chi connectivity index (χ1) is 6.25. The van der Waals surface area contributed by atoms with E-state index in [1.807, 2.05) is 6.92 Å². The smallest absolute Gasteiger partial charge is 0.414 e. The Labute approximate surface area is 76.0 Å². The van der Waals surface area contributed by atoms with Gasteiger partial charge in [0.05, 0.1) is 0 Å². The number of rotatable bonds is 3. The van der Waals surface area contributed by atoms with Crippen molar-refractivity contribution < 1.29 is 9.90 Å². The van der Waals surface area contributed by atoms with Crippen LogP contribution in [0.2, 0.25) is 0 Å². The summed E-state index contributed by atoms with van der Waals surface area (Å²) in [7, 11) is 0. The Morgan fingerprint density at radius 1 is 1.54 bits per heavy atom. The monoisotopic (exact) mass is 181 g/mol. The van der Waals surface area contributed by atoms with Gasteiger partial charge in [0.25, 0.3) is 0 Å². The van der Waals surface area contributed by atoms with Crippen molar-refractivity contribution >= 4 is 12.0 Å². The highest BCUT2D eigenvalue weighted by molar-refractivity contribution is 5.83. The predicted octanol–water partition coefficient (Wildman–Crippen LogP) is 1.37. The SMILES string of the molecule is CCCN(C(=O)O)c1ncccn1. The molecule has 0 saturated carbocycles. The molecular formula is C8H11N3O2. The van der Waals surface area contributed by atoms with Gasteiger partial charge in [-0.1, -0.05) is 6.92 Å². The van der Waals surface area contributed by atoms with Crippen LogP contribution in [0.3, 0.4) is 0 Å². The molecule has 5 heteroatoms. The van der Waals surface area contributed by atoms with E-state index < -0.39 is 6.09 Å². The van der Waals surface area contributed by atoms with E-state index in [0.29, 0.717) is 6.54 Å². The van der Waals surface area contributed by atoms with Gasteiger partial charge in [-0.2, -0.15) is 0 Å². The van der Waals surface area contributed by atoms with Crippen LogP contribution in [0.25, 0.3) is 0 Å². The molecule has 1 aromatic rings. The van der Waals surface area contributed by atoms with Crippen molar-refractivity contribution in [1.29, 1.82) is 0 Å². The van der Waals surface area contributed by atoms with Crippen molar-refractivity contribution in [3.8, 4) is 0 Å². The Kier molecular flexibility index (Phi) is 3.19. The zero-order valence-electron chi connectivity index (χ0n) is 7.34. The number of aromatic nitrogens is 2. The van der Waals surface area contributed by atoms with Gasteiger partial charge in [0, 0.05) is 18.9 Å². The molecule has 0 aliphatic carbocycles. The van der Waals surface area contributed by atoms with Gasteiger partial charge >= 0.3 is 6.09 Å².